The molecule has 26 heavy (non-hydrogen) atoms. The molecule has 0 aromatic carbocycles. The number of fused-ring (bicyclic) bond motifs is 1. The standard InChI is InChI=1S/C21H37N3O2/c1-15(2)23-13-19-6-5-10-24(20(19)14-23)21(26)8-7-16(3)18-9-11-22(12-18)17(4)25/h15-16,18-20H,5-14H2,1-4H3. The summed E-state index contributed by atoms with van der Waals surface area (Å²) in [5.41, 5.74) is 0. The lowest BCUT2D eigenvalue weighted by Crippen LogP contribution is -2.48. The molecule has 3 rings (SSSR count). The van der Waals surface area contributed by atoms with Gasteiger partial charge in [-0.1, -0.05) is 6.92 Å². The average molecular weight is 364 g/mol. The molecule has 4 atom stereocenters. The van der Waals surface area contributed by atoms with Crippen molar-refractivity contribution >= 4 is 11.8 Å². The van der Waals surface area contributed by atoms with E-state index < -0.39 is 0 Å². The Labute approximate surface area is 159 Å². The van der Waals surface area contributed by atoms with Gasteiger partial charge in [0.15, 0.2) is 0 Å². The monoisotopic (exact) mass is 363 g/mol. The van der Waals surface area contributed by atoms with Crippen LogP contribution in [0.15, 0.2) is 0 Å². The molecule has 0 N–H and O–H groups in total. The van der Waals surface area contributed by atoms with Gasteiger partial charge in [-0.3, -0.25) is 14.5 Å². The van der Waals surface area contributed by atoms with E-state index in [1.165, 1.54) is 6.42 Å². The Morgan fingerprint density at radius 3 is 2.46 bits per heavy atom. The number of carbonyl (C=O) groups is 2. The van der Waals surface area contributed by atoms with Gasteiger partial charge < -0.3 is 9.80 Å². The van der Waals surface area contributed by atoms with E-state index in [1.54, 1.807) is 6.92 Å². The Kier molecular flexibility index (Phi) is 6.26. The second-order valence-electron chi connectivity index (χ2n) is 9.13. The lowest BCUT2D eigenvalue weighted by Gasteiger charge is -2.37. The zero-order valence-corrected chi connectivity index (χ0v) is 17.1. The molecule has 3 fully saturated rings. The summed E-state index contributed by atoms with van der Waals surface area (Å²) in [5.74, 6) is 2.29. The highest BCUT2D eigenvalue weighted by molar-refractivity contribution is 5.76. The van der Waals surface area contributed by atoms with Gasteiger partial charge in [-0.2, -0.15) is 0 Å². The number of piperidine rings is 1. The number of hydrogen-bond acceptors (Lipinski definition) is 3. The minimum Gasteiger partial charge on any atom is -0.343 e. The van der Waals surface area contributed by atoms with Crippen LogP contribution >= 0.6 is 0 Å². The van der Waals surface area contributed by atoms with Crippen molar-refractivity contribution in [2.75, 3.05) is 32.7 Å². The maximum Gasteiger partial charge on any atom is 0.222 e. The van der Waals surface area contributed by atoms with Gasteiger partial charge in [0.1, 0.15) is 0 Å². The number of rotatable bonds is 5. The van der Waals surface area contributed by atoms with Crippen LogP contribution in [0.25, 0.3) is 0 Å². The first-order valence-electron chi connectivity index (χ1n) is 10.7. The molecular formula is C21H37N3O2. The SMILES string of the molecule is CC(=O)N1CCC(C(C)CCC(=O)N2CCCC3CN(C(C)C)CC32)C1. The summed E-state index contributed by atoms with van der Waals surface area (Å²) in [6, 6.07) is 1.01. The third-order valence-corrected chi connectivity index (χ3v) is 7.15. The first-order chi connectivity index (χ1) is 12.4. The fourth-order valence-electron chi connectivity index (χ4n) is 5.21. The molecule has 0 radical (unpaired) electrons. The lowest BCUT2D eigenvalue weighted by molar-refractivity contribution is -0.136. The van der Waals surface area contributed by atoms with Gasteiger partial charge >= 0.3 is 0 Å². The second kappa shape index (κ2) is 8.28. The van der Waals surface area contributed by atoms with Gasteiger partial charge in [-0.25, -0.2) is 0 Å². The number of carbonyl (C=O) groups excluding carboxylic acids is 2. The molecule has 0 bridgehead atoms. The summed E-state index contributed by atoms with van der Waals surface area (Å²) in [6.45, 7) is 13.4. The van der Waals surface area contributed by atoms with Crippen molar-refractivity contribution in [3.05, 3.63) is 0 Å². The minimum atomic E-state index is 0.186. The Hall–Kier alpha value is -1.10. The molecule has 148 valence electrons. The van der Waals surface area contributed by atoms with E-state index in [-0.39, 0.29) is 5.91 Å². The largest absolute Gasteiger partial charge is 0.343 e. The number of hydrogen-bond donors (Lipinski definition) is 0. The van der Waals surface area contributed by atoms with Gasteiger partial charge in [-0.15, -0.1) is 0 Å². The topological polar surface area (TPSA) is 43.9 Å². The third-order valence-electron chi connectivity index (χ3n) is 7.15. The van der Waals surface area contributed by atoms with Crippen LogP contribution in [0.5, 0.6) is 0 Å². The lowest BCUT2D eigenvalue weighted by atomic mass is 9.88. The normalized spacial score (nSPS) is 30.7. The minimum absolute atomic E-state index is 0.186. The van der Waals surface area contributed by atoms with Crippen molar-refractivity contribution in [2.24, 2.45) is 17.8 Å². The van der Waals surface area contributed by atoms with E-state index in [4.69, 9.17) is 0 Å². The fraction of sp³-hybridized carbons (Fsp3) is 0.905. The van der Waals surface area contributed by atoms with Crippen LogP contribution < -0.4 is 0 Å². The van der Waals surface area contributed by atoms with Crippen molar-refractivity contribution in [2.45, 2.75) is 71.9 Å². The second-order valence-corrected chi connectivity index (χ2v) is 9.13. The number of amides is 2. The molecule has 0 aromatic heterocycles. The zero-order chi connectivity index (χ0) is 18.8. The average Bonchev–Trinajstić information content (AvgIpc) is 3.25. The van der Waals surface area contributed by atoms with E-state index in [1.807, 2.05) is 4.90 Å². The smallest absolute Gasteiger partial charge is 0.222 e. The van der Waals surface area contributed by atoms with Crippen molar-refractivity contribution in [1.29, 1.82) is 0 Å². The summed E-state index contributed by atoms with van der Waals surface area (Å²) in [7, 11) is 0. The highest BCUT2D eigenvalue weighted by atomic mass is 16.2. The molecule has 2 amide bonds. The Morgan fingerprint density at radius 1 is 1.04 bits per heavy atom. The first kappa shape index (κ1) is 19.7. The molecule has 3 heterocycles. The molecule has 0 aromatic rings. The molecule has 0 spiro atoms. The molecule has 5 heteroatoms. The van der Waals surface area contributed by atoms with Crippen LogP contribution in [0, 0.1) is 17.8 Å². The van der Waals surface area contributed by atoms with Gasteiger partial charge in [0.2, 0.25) is 11.8 Å². The van der Waals surface area contributed by atoms with Crippen LogP contribution in [0.4, 0.5) is 0 Å². The molecule has 4 unspecified atom stereocenters. The summed E-state index contributed by atoms with van der Waals surface area (Å²) in [4.78, 5) is 31.2. The quantitative estimate of drug-likeness (QED) is 0.754. The maximum absolute atomic E-state index is 13.0. The molecule has 3 saturated heterocycles. The predicted octanol–water partition coefficient (Wildman–Crippen LogP) is 2.60. The maximum atomic E-state index is 13.0. The van der Waals surface area contributed by atoms with E-state index >= 15 is 0 Å². The van der Waals surface area contributed by atoms with E-state index in [0.717, 1.165) is 52.0 Å². The third kappa shape index (κ3) is 4.24. The van der Waals surface area contributed by atoms with Crippen LogP contribution in [0.2, 0.25) is 0 Å². The van der Waals surface area contributed by atoms with Crippen LogP contribution in [-0.2, 0) is 9.59 Å². The first-order valence-corrected chi connectivity index (χ1v) is 10.7. The van der Waals surface area contributed by atoms with Crippen LogP contribution in [0.1, 0.15) is 59.8 Å². The molecular weight excluding hydrogens is 326 g/mol. The van der Waals surface area contributed by atoms with E-state index in [9.17, 15) is 9.59 Å². The van der Waals surface area contributed by atoms with Gasteiger partial charge in [-0.05, 0) is 57.3 Å². The van der Waals surface area contributed by atoms with E-state index in [0.29, 0.717) is 42.2 Å². The van der Waals surface area contributed by atoms with E-state index in [2.05, 4.69) is 30.6 Å². The predicted molar refractivity (Wildman–Crippen MR) is 104 cm³/mol. The van der Waals surface area contributed by atoms with Gasteiger partial charge in [0.05, 0.1) is 0 Å². The number of likely N-dealkylation sites (tertiary alicyclic amines) is 3. The molecule has 0 aliphatic carbocycles. The van der Waals surface area contributed by atoms with Crippen molar-refractivity contribution in [3.8, 4) is 0 Å². The van der Waals surface area contributed by atoms with Crippen molar-refractivity contribution < 1.29 is 9.59 Å². The van der Waals surface area contributed by atoms with Gasteiger partial charge in [0, 0.05) is 58.2 Å². The molecule has 3 aliphatic rings. The Morgan fingerprint density at radius 2 is 1.81 bits per heavy atom. The summed E-state index contributed by atoms with van der Waals surface area (Å²) in [6.07, 6.45) is 5.15. The summed E-state index contributed by atoms with van der Waals surface area (Å²) >= 11 is 0. The van der Waals surface area contributed by atoms with Crippen molar-refractivity contribution in [3.63, 3.8) is 0 Å². The van der Waals surface area contributed by atoms with Gasteiger partial charge in [0.25, 0.3) is 0 Å². The summed E-state index contributed by atoms with van der Waals surface area (Å²) < 4.78 is 0. The molecule has 5 nitrogen and oxygen atoms in total. The Bertz CT molecular complexity index is 521. The Balaban J connectivity index is 1.49. The highest BCUT2D eigenvalue weighted by Crippen LogP contribution is 2.33. The number of nitrogens with zero attached hydrogens (tertiary/aromatic N) is 3. The van der Waals surface area contributed by atoms with Crippen molar-refractivity contribution in [1.82, 2.24) is 14.7 Å². The highest BCUT2D eigenvalue weighted by Gasteiger charge is 2.41. The van der Waals surface area contributed by atoms with Crippen LogP contribution in [-0.4, -0.2) is 71.3 Å². The molecule has 0 saturated carbocycles. The zero-order valence-electron chi connectivity index (χ0n) is 17.1. The molecule has 3 aliphatic heterocycles. The summed E-state index contributed by atoms with van der Waals surface area (Å²) in [5, 5.41) is 0. The fourth-order valence-corrected chi connectivity index (χ4v) is 5.21. The van der Waals surface area contributed by atoms with Crippen LogP contribution in [0.3, 0.4) is 0 Å².